The summed E-state index contributed by atoms with van der Waals surface area (Å²) in [5.41, 5.74) is 7.40. The van der Waals surface area contributed by atoms with Crippen molar-refractivity contribution in [2.45, 2.75) is 38.0 Å². The van der Waals surface area contributed by atoms with E-state index in [1.807, 2.05) is 12.1 Å². The standard InChI is InChI=1S/C14H19Cl2N/c1-10-3-2-6-14(8-10,9-17)11-4-5-12(15)13(16)7-11/h4-5,7,10H,2-3,6,8-9,17H2,1H3/t10?,14-/m1/s1. The largest absolute Gasteiger partial charge is 0.330 e. The molecule has 2 atom stereocenters. The van der Waals surface area contributed by atoms with Crippen LogP contribution in [0.2, 0.25) is 10.0 Å². The monoisotopic (exact) mass is 271 g/mol. The van der Waals surface area contributed by atoms with Crippen molar-refractivity contribution in [3.05, 3.63) is 33.8 Å². The van der Waals surface area contributed by atoms with E-state index in [0.29, 0.717) is 16.6 Å². The van der Waals surface area contributed by atoms with Crippen LogP contribution in [0.5, 0.6) is 0 Å². The first-order valence-corrected chi connectivity index (χ1v) is 6.98. The van der Waals surface area contributed by atoms with Crippen LogP contribution in [0, 0.1) is 5.92 Å². The molecule has 3 heteroatoms. The molecule has 0 aromatic heterocycles. The van der Waals surface area contributed by atoms with E-state index in [0.717, 1.165) is 18.8 Å². The van der Waals surface area contributed by atoms with Crippen molar-refractivity contribution in [2.24, 2.45) is 11.7 Å². The predicted molar refractivity (Wildman–Crippen MR) is 74.8 cm³/mol. The zero-order valence-corrected chi connectivity index (χ0v) is 11.7. The molecular formula is C14H19Cl2N. The minimum atomic E-state index is 0.103. The lowest BCUT2D eigenvalue weighted by molar-refractivity contribution is 0.239. The molecule has 0 amide bonds. The summed E-state index contributed by atoms with van der Waals surface area (Å²) in [4.78, 5) is 0. The minimum absolute atomic E-state index is 0.103. The van der Waals surface area contributed by atoms with Crippen molar-refractivity contribution in [2.75, 3.05) is 6.54 Å². The molecule has 1 aliphatic rings. The lowest BCUT2D eigenvalue weighted by Gasteiger charge is -2.40. The fourth-order valence-electron chi connectivity index (χ4n) is 3.05. The highest BCUT2D eigenvalue weighted by molar-refractivity contribution is 6.42. The SMILES string of the molecule is CC1CCC[C@@](CN)(c2ccc(Cl)c(Cl)c2)C1. The highest BCUT2D eigenvalue weighted by Crippen LogP contribution is 2.42. The average molecular weight is 272 g/mol. The van der Waals surface area contributed by atoms with Crippen molar-refractivity contribution in [3.8, 4) is 0 Å². The molecule has 1 nitrogen and oxygen atoms in total. The molecule has 2 N–H and O–H groups in total. The Morgan fingerprint density at radius 1 is 1.35 bits per heavy atom. The zero-order chi connectivity index (χ0) is 12.5. The number of hydrogen-bond donors (Lipinski definition) is 1. The fraction of sp³-hybridized carbons (Fsp3) is 0.571. The lowest BCUT2D eigenvalue weighted by Crippen LogP contribution is -2.39. The molecule has 1 saturated carbocycles. The summed E-state index contributed by atoms with van der Waals surface area (Å²) in [6.07, 6.45) is 4.87. The smallest absolute Gasteiger partial charge is 0.0595 e. The normalized spacial score (nSPS) is 29.3. The van der Waals surface area contributed by atoms with Crippen LogP contribution in [0.25, 0.3) is 0 Å². The van der Waals surface area contributed by atoms with Crippen LogP contribution in [-0.2, 0) is 5.41 Å². The lowest BCUT2D eigenvalue weighted by atomic mass is 9.66. The van der Waals surface area contributed by atoms with E-state index in [2.05, 4.69) is 13.0 Å². The summed E-state index contributed by atoms with van der Waals surface area (Å²) in [5.74, 6) is 0.738. The van der Waals surface area contributed by atoms with Crippen LogP contribution in [0.3, 0.4) is 0 Å². The van der Waals surface area contributed by atoms with E-state index >= 15 is 0 Å². The van der Waals surface area contributed by atoms with Gasteiger partial charge in [-0.05, 0) is 36.5 Å². The van der Waals surface area contributed by atoms with E-state index in [9.17, 15) is 0 Å². The van der Waals surface area contributed by atoms with Gasteiger partial charge in [-0.25, -0.2) is 0 Å². The number of benzene rings is 1. The molecule has 1 aromatic rings. The molecule has 17 heavy (non-hydrogen) atoms. The van der Waals surface area contributed by atoms with Gasteiger partial charge in [0.15, 0.2) is 0 Å². The number of hydrogen-bond acceptors (Lipinski definition) is 1. The van der Waals surface area contributed by atoms with Gasteiger partial charge >= 0.3 is 0 Å². The van der Waals surface area contributed by atoms with Crippen LogP contribution in [0.1, 0.15) is 38.2 Å². The maximum Gasteiger partial charge on any atom is 0.0595 e. The quantitative estimate of drug-likeness (QED) is 0.848. The van der Waals surface area contributed by atoms with Gasteiger partial charge in [0, 0.05) is 12.0 Å². The summed E-state index contributed by atoms with van der Waals surface area (Å²) >= 11 is 12.1. The molecule has 1 aromatic carbocycles. The minimum Gasteiger partial charge on any atom is -0.330 e. The average Bonchev–Trinajstić information content (AvgIpc) is 2.32. The molecule has 1 fully saturated rings. The Bertz CT molecular complexity index is 405. The molecule has 1 aliphatic carbocycles. The van der Waals surface area contributed by atoms with Gasteiger partial charge in [-0.1, -0.05) is 49.0 Å². The van der Waals surface area contributed by atoms with Crippen molar-refractivity contribution in [3.63, 3.8) is 0 Å². The summed E-state index contributed by atoms with van der Waals surface area (Å²) in [7, 11) is 0. The summed E-state index contributed by atoms with van der Waals surface area (Å²) in [5, 5.41) is 1.25. The Morgan fingerprint density at radius 3 is 2.71 bits per heavy atom. The second-order valence-electron chi connectivity index (χ2n) is 5.31. The molecule has 0 spiro atoms. The molecule has 0 bridgehead atoms. The van der Waals surface area contributed by atoms with Gasteiger partial charge in [0.2, 0.25) is 0 Å². The fourth-order valence-corrected chi connectivity index (χ4v) is 3.35. The Kier molecular flexibility index (Phi) is 4.02. The molecular weight excluding hydrogens is 253 g/mol. The summed E-state index contributed by atoms with van der Waals surface area (Å²) in [6.45, 7) is 3.00. The van der Waals surface area contributed by atoms with E-state index in [-0.39, 0.29) is 5.41 Å². The molecule has 1 unspecified atom stereocenters. The number of halogens is 2. The third kappa shape index (κ3) is 2.62. The number of rotatable bonds is 2. The third-order valence-corrected chi connectivity index (χ3v) is 4.75. The first kappa shape index (κ1) is 13.2. The van der Waals surface area contributed by atoms with Gasteiger partial charge in [0.25, 0.3) is 0 Å². The van der Waals surface area contributed by atoms with Crippen molar-refractivity contribution < 1.29 is 0 Å². The van der Waals surface area contributed by atoms with Crippen LogP contribution >= 0.6 is 23.2 Å². The summed E-state index contributed by atoms with van der Waals surface area (Å²) < 4.78 is 0. The third-order valence-electron chi connectivity index (χ3n) is 4.01. The molecule has 0 aliphatic heterocycles. The maximum absolute atomic E-state index is 6.12. The Labute approximate surface area is 113 Å². The second-order valence-corrected chi connectivity index (χ2v) is 6.13. The van der Waals surface area contributed by atoms with Gasteiger partial charge in [0.05, 0.1) is 10.0 Å². The number of nitrogens with two attached hydrogens (primary N) is 1. The highest BCUT2D eigenvalue weighted by atomic mass is 35.5. The van der Waals surface area contributed by atoms with Gasteiger partial charge in [0.1, 0.15) is 0 Å². The Hall–Kier alpha value is -0.240. The van der Waals surface area contributed by atoms with Crippen molar-refractivity contribution in [1.29, 1.82) is 0 Å². The molecule has 94 valence electrons. The Morgan fingerprint density at radius 2 is 2.12 bits per heavy atom. The zero-order valence-electron chi connectivity index (χ0n) is 10.2. The van der Waals surface area contributed by atoms with Gasteiger partial charge in [-0.15, -0.1) is 0 Å². The van der Waals surface area contributed by atoms with Crippen molar-refractivity contribution >= 4 is 23.2 Å². The first-order valence-electron chi connectivity index (χ1n) is 6.23. The van der Waals surface area contributed by atoms with E-state index in [1.165, 1.54) is 18.4 Å². The predicted octanol–water partition coefficient (Wildman–Crippen LogP) is 4.40. The maximum atomic E-state index is 6.12. The Balaban J connectivity index is 2.36. The van der Waals surface area contributed by atoms with Crippen LogP contribution in [0.15, 0.2) is 18.2 Å². The van der Waals surface area contributed by atoms with Crippen molar-refractivity contribution in [1.82, 2.24) is 0 Å². The first-order chi connectivity index (χ1) is 8.07. The molecule has 0 radical (unpaired) electrons. The summed E-state index contributed by atoms with van der Waals surface area (Å²) in [6, 6.07) is 5.96. The van der Waals surface area contributed by atoms with Crippen LogP contribution in [0.4, 0.5) is 0 Å². The molecule has 0 heterocycles. The second kappa shape index (κ2) is 5.17. The van der Waals surface area contributed by atoms with E-state index in [1.54, 1.807) is 0 Å². The molecule has 2 rings (SSSR count). The van der Waals surface area contributed by atoms with Gasteiger partial charge < -0.3 is 5.73 Å². The molecule has 0 saturated heterocycles. The highest BCUT2D eigenvalue weighted by Gasteiger charge is 2.35. The van der Waals surface area contributed by atoms with Crippen LogP contribution in [-0.4, -0.2) is 6.54 Å². The topological polar surface area (TPSA) is 26.0 Å². The van der Waals surface area contributed by atoms with Gasteiger partial charge in [-0.3, -0.25) is 0 Å². The van der Waals surface area contributed by atoms with E-state index < -0.39 is 0 Å². The van der Waals surface area contributed by atoms with Crippen LogP contribution < -0.4 is 5.73 Å². The van der Waals surface area contributed by atoms with Gasteiger partial charge in [-0.2, -0.15) is 0 Å². The van der Waals surface area contributed by atoms with E-state index in [4.69, 9.17) is 28.9 Å².